The van der Waals surface area contributed by atoms with E-state index >= 15 is 0 Å². The van der Waals surface area contributed by atoms with E-state index in [2.05, 4.69) is 6.07 Å². The zero-order chi connectivity index (χ0) is 17.4. The number of carbonyl (C=O) groups excluding carboxylic acids is 1. The van der Waals surface area contributed by atoms with Crippen LogP contribution < -0.4 is 0 Å². The standard InChI is InChI=1S/C16H26N2O4S/c1-15(2,3)22-14(19)18-10(7-8-17)12-13(11(18)9-23-6)21-16(4,5)20-12/h10-13H,7,9H2,1-6H3/t10-,11+,12?,13-/m0/s1. The van der Waals surface area contributed by atoms with Crippen molar-refractivity contribution in [3.63, 3.8) is 0 Å². The van der Waals surface area contributed by atoms with E-state index in [0.717, 1.165) is 0 Å². The van der Waals surface area contributed by atoms with Gasteiger partial charge in [0.2, 0.25) is 0 Å². The van der Waals surface area contributed by atoms with Gasteiger partial charge in [-0.1, -0.05) is 0 Å². The molecule has 23 heavy (non-hydrogen) atoms. The average Bonchev–Trinajstić information content (AvgIpc) is 2.82. The minimum atomic E-state index is -0.695. The molecule has 2 rings (SSSR count). The SMILES string of the molecule is CSC[C@@H]1[C@@H]2OC(C)(C)OC2[C@H](CC#N)N1C(=O)OC(C)(C)C. The van der Waals surface area contributed by atoms with Gasteiger partial charge in [-0.25, -0.2) is 4.79 Å². The molecule has 1 amide bonds. The van der Waals surface area contributed by atoms with Crippen molar-refractivity contribution in [3.05, 3.63) is 0 Å². The Kier molecular flexibility index (Phi) is 5.19. The Hall–Kier alpha value is -0.970. The quantitative estimate of drug-likeness (QED) is 0.785. The molecule has 0 N–H and O–H groups in total. The number of fused-ring (bicyclic) bond motifs is 1. The van der Waals surface area contributed by atoms with Crippen molar-refractivity contribution < 1.29 is 19.0 Å². The lowest BCUT2D eigenvalue weighted by atomic mass is 10.1. The van der Waals surface area contributed by atoms with Crippen molar-refractivity contribution in [2.24, 2.45) is 0 Å². The normalized spacial score (nSPS) is 32.5. The number of nitrogens with zero attached hydrogens (tertiary/aromatic N) is 2. The minimum absolute atomic E-state index is 0.162. The summed E-state index contributed by atoms with van der Waals surface area (Å²) in [6.07, 6.45) is 1.25. The van der Waals surface area contributed by atoms with Crippen molar-refractivity contribution in [2.45, 2.75) is 76.7 Å². The molecule has 130 valence electrons. The molecule has 6 nitrogen and oxygen atoms in total. The van der Waals surface area contributed by atoms with Gasteiger partial charge in [0.15, 0.2) is 5.79 Å². The maximum atomic E-state index is 12.7. The molecule has 2 saturated heterocycles. The summed E-state index contributed by atoms with van der Waals surface area (Å²) in [5.41, 5.74) is -0.586. The van der Waals surface area contributed by atoms with E-state index in [4.69, 9.17) is 14.2 Å². The zero-order valence-corrected chi connectivity index (χ0v) is 15.5. The number of hydrogen-bond donors (Lipinski definition) is 0. The molecule has 1 unspecified atom stereocenters. The molecule has 0 saturated carbocycles. The molecular weight excluding hydrogens is 316 g/mol. The first kappa shape index (κ1) is 18.4. The molecule has 7 heteroatoms. The Labute approximate surface area is 142 Å². The second-order valence-electron chi connectivity index (χ2n) is 7.40. The number of thioether (sulfide) groups is 1. The van der Waals surface area contributed by atoms with Crippen LogP contribution in [0.5, 0.6) is 0 Å². The molecule has 0 bridgehead atoms. The van der Waals surface area contributed by atoms with Gasteiger partial charge in [0.1, 0.15) is 17.8 Å². The predicted octanol–water partition coefficient (Wildman–Crippen LogP) is 2.77. The fourth-order valence-electron chi connectivity index (χ4n) is 3.21. The van der Waals surface area contributed by atoms with Crippen LogP contribution in [0.4, 0.5) is 4.79 Å². The van der Waals surface area contributed by atoms with E-state index < -0.39 is 17.5 Å². The fourth-order valence-corrected chi connectivity index (χ4v) is 3.91. The number of ether oxygens (including phenoxy) is 3. The third kappa shape index (κ3) is 3.93. The van der Waals surface area contributed by atoms with Crippen molar-refractivity contribution in [1.29, 1.82) is 5.26 Å². The Morgan fingerprint density at radius 3 is 2.35 bits per heavy atom. The Bertz CT molecular complexity index is 497. The van der Waals surface area contributed by atoms with Gasteiger partial charge in [-0.3, -0.25) is 4.90 Å². The third-order valence-electron chi connectivity index (χ3n) is 3.88. The summed E-state index contributed by atoms with van der Waals surface area (Å²) < 4.78 is 17.6. The van der Waals surface area contributed by atoms with Crippen LogP contribution in [0.2, 0.25) is 0 Å². The maximum Gasteiger partial charge on any atom is 0.411 e. The highest BCUT2D eigenvalue weighted by Crippen LogP contribution is 2.42. The molecule has 2 aliphatic rings. The van der Waals surface area contributed by atoms with Gasteiger partial charge in [0.25, 0.3) is 0 Å². The van der Waals surface area contributed by atoms with Crippen molar-refractivity contribution >= 4 is 17.9 Å². The topological polar surface area (TPSA) is 71.8 Å². The molecule has 0 aromatic carbocycles. The number of likely N-dealkylation sites (tertiary alicyclic amines) is 1. The summed E-state index contributed by atoms with van der Waals surface area (Å²) in [7, 11) is 0. The van der Waals surface area contributed by atoms with E-state index in [1.165, 1.54) is 0 Å². The van der Waals surface area contributed by atoms with Crippen molar-refractivity contribution in [3.8, 4) is 6.07 Å². The smallest absolute Gasteiger partial charge is 0.411 e. The first-order valence-corrected chi connectivity index (χ1v) is 9.22. The number of amides is 1. The van der Waals surface area contributed by atoms with Crippen LogP contribution in [0, 0.1) is 11.3 Å². The average molecular weight is 342 g/mol. The highest BCUT2D eigenvalue weighted by atomic mass is 32.2. The van der Waals surface area contributed by atoms with Crippen LogP contribution in [0.15, 0.2) is 0 Å². The van der Waals surface area contributed by atoms with Gasteiger partial charge in [-0.15, -0.1) is 0 Å². The van der Waals surface area contributed by atoms with Gasteiger partial charge in [0, 0.05) is 5.75 Å². The lowest BCUT2D eigenvalue weighted by Crippen LogP contribution is -2.49. The van der Waals surface area contributed by atoms with E-state index in [1.54, 1.807) is 16.7 Å². The van der Waals surface area contributed by atoms with Crippen LogP contribution in [0.25, 0.3) is 0 Å². The first-order chi connectivity index (χ1) is 10.6. The van der Waals surface area contributed by atoms with E-state index in [-0.39, 0.29) is 30.7 Å². The predicted molar refractivity (Wildman–Crippen MR) is 88.1 cm³/mol. The fraction of sp³-hybridized carbons (Fsp3) is 0.875. The van der Waals surface area contributed by atoms with E-state index in [1.807, 2.05) is 40.9 Å². The van der Waals surface area contributed by atoms with Crippen LogP contribution >= 0.6 is 11.8 Å². The summed E-state index contributed by atoms with van der Waals surface area (Å²) in [5.74, 6) is 0.0154. The highest BCUT2D eigenvalue weighted by Gasteiger charge is 2.59. The number of carbonyl (C=O) groups is 1. The second-order valence-corrected chi connectivity index (χ2v) is 8.32. The molecule has 0 aromatic heterocycles. The molecule has 2 fully saturated rings. The summed E-state index contributed by atoms with van der Waals surface area (Å²) in [5, 5.41) is 9.19. The first-order valence-electron chi connectivity index (χ1n) is 7.82. The monoisotopic (exact) mass is 342 g/mol. The molecule has 0 aliphatic carbocycles. The third-order valence-corrected chi connectivity index (χ3v) is 4.55. The highest BCUT2D eigenvalue weighted by molar-refractivity contribution is 7.98. The Morgan fingerprint density at radius 1 is 1.30 bits per heavy atom. The molecular formula is C16H26N2O4S. The van der Waals surface area contributed by atoms with E-state index in [9.17, 15) is 10.1 Å². The second kappa shape index (κ2) is 6.50. The van der Waals surface area contributed by atoms with Crippen LogP contribution in [0.1, 0.15) is 41.0 Å². The largest absolute Gasteiger partial charge is 0.444 e. The van der Waals surface area contributed by atoms with Gasteiger partial charge in [0.05, 0.1) is 24.6 Å². The van der Waals surface area contributed by atoms with Gasteiger partial charge >= 0.3 is 6.09 Å². The minimum Gasteiger partial charge on any atom is -0.444 e. The summed E-state index contributed by atoms with van der Waals surface area (Å²) in [6, 6.07) is 1.66. The molecule has 0 aromatic rings. The van der Waals surface area contributed by atoms with Crippen molar-refractivity contribution in [2.75, 3.05) is 12.0 Å². The Morgan fingerprint density at radius 2 is 1.87 bits per heavy atom. The Balaban J connectivity index is 2.30. The van der Waals surface area contributed by atoms with Crippen LogP contribution in [-0.4, -0.2) is 58.7 Å². The molecule has 2 heterocycles. The maximum absolute atomic E-state index is 12.7. The number of hydrogen-bond acceptors (Lipinski definition) is 6. The summed E-state index contributed by atoms with van der Waals surface area (Å²) in [4.78, 5) is 14.4. The number of nitriles is 1. The molecule has 4 atom stereocenters. The van der Waals surface area contributed by atoms with Gasteiger partial charge < -0.3 is 14.2 Å². The molecule has 0 radical (unpaired) electrons. The molecule has 2 aliphatic heterocycles. The van der Waals surface area contributed by atoms with Crippen molar-refractivity contribution in [1.82, 2.24) is 4.90 Å². The lowest BCUT2D eigenvalue weighted by Gasteiger charge is -2.34. The van der Waals surface area contributed by atoms with Crippen LogP contribution in [-0.2, 0) is 14.2 Å². The summed E-state index contributed by atoms with van der Waals surface area (Å²) >= 11 is 1.64. The van der Waals surface area contributed by atoms with Crippen LogP contribution in [0.3, 0.4) is 0 Å². The number of rotatable bonds is 3. The lowest BCUT2D eigenvalue weighted by molar-refractivity contribution is -0.165. The molecule has 0 spiro atoms. The van der Waals surface area contributed by atoms with Gasteiger partial charge in [-0.05, 0) is 40.9 Å². The van der Waals surface area contributed by atoms with E-state index in [0.29, 0.717) is 5.75 Å². The summed E-state index contributed by atoms with van der Waals surface area (Å²) in [6.45, 7) is 9.23. The van der Waals surface area contributed by atoms with Gasteiger partial charge in [-0.2, -0.15) is 17.0 Å². The zero-order valence-electron chi connectivity index (χ0n) is 14.7.